The number of rotatable bonds is 5. The number of amides is 2. The molecule has 0 aromatic carbocycles. The van der Waals surface area contributed by atoms with E-state index >= 15 is 0 Å². The molecule has 3 aliphatic rings. The van der Waals surface area contributed by atoms with Gasteiger partial charge in [0.15, 0.2) is 0 Å². The van der Waals surface area contributed by atoms with Gasteiger partial charge in [-0.1, -0.05) is 18.9 Å². The molecule has 3 fully saturated rings. The van der Waals surface area contributed by atoms with Crippen molar-refractivity contribution in [3.8, 4) is 0 Å². The molecule has 3 unspecified atom stereocenters. The van der Waals surface area contributed by atoms with Crippen molar-refractivity contribution >= 4 is 23.2 Å². The maximum atomic E-state index is 12.9. The molecule has 2 N–H and O–H groups in total. The van der Waals surface area contributed by atoms with E-state index in [9.17, 15) is 9.59 Å². The molecule has 3 heterocycles. The zero-order chi connectivity index (χ0) is 18.6. The number of nitrogens with one attached hydrogen (secondary N) is 2. The summed E-state index contributed by atoms with van der Waals surface area (Å²) in [7, 11) is 0. The van der Waals surface area contributed by atoms with Crippen molar-refractivity contribution in [2.75, 3.05) is 19.6 Å². The summed E-state index contributed by atoms with van der Waals surface area (Å²) in [6, 6.07) is 4.71. The second-order valence-corrected chi connectivity index (χ2v) is 9.36. The largest absolute Gasteiger partial charge is 0.355 e. The van der Waals surface area contributed by atoms with Crippen molar-refractivity contribution in [3.63, 3.8) is 0 Å². The average molecular weight is 390 g/mol. The third-order valence-electron chi connectivity index (χ3n) is 6.59. The lowest BCUT2D eigenvalue weighted by atomic mass is 9.85. The average Bonchev–Trinajstić information content (AvgIpc) is 3.37. The van der Waals surface area contributed by atoms with E-state index < -0.39 is 0 Å². The molecule has 3 atom stereocenters. The van der Waals surface area contributed by atoms with Crippen molar-refractivity contribution in [3.05, 3.63) is 22.4 Å². The second kappa shape index (κ2) is 8.74. The summed E-state index contributed by atoms with van der Waals surface area (Å²) in [6.45, 7) is 2.14. The maximum Gasteiger partial charge on any atom is 0.239 e. The van der Waals surface area contributed by atoms with E-state index in [1.807, 2.05) is 11.0 Å². The molecular formula is C21H31N3O2S. The van der Waals surface area contributed by atoms with Crippen LogP contribution in [0, 0.1) is 11.8 Å². The first-order valence-electron chi connectivity index (χ1n) is 10.6. The number of carbonyl (C=O) groups excluding carboxylic acids is 2. The third kappa shape index (κ3) is 4.54. The summed E-state index contributed by atoms with van der Waals surface area (Å²) in [5, 5.41) is 8.74. The van der Waals surface area contributed by atoms with Gasteiger partial charge >= 0.3 is 0 Å². The molecule has 1 aliphatic carbocycles. The van der Waals surface area contributed by atoms with Crippen molar-refractivity contribution in [1.82, 2.24) is 15.5 Å². The van der Waals surface area contributed by atoms with Crippen LogP contribution in [-0.4, -0.2) is 48.4 Å². The van der Waals surface area contributed by atoms with E-state index in [2.05, 4.69) is 22.1 Å². The molecule has 0 radical (unpaired) electrons. The first-order chi connectivity index (χ1) is 13.2. The van der Waals surface area contributed by atoms with Gasteiger partial charge in [0, 0.05) is 36.5 Å². The van der Waals surface area contributed by atoms with Crippen LogP contribution in [0.1, 0.15) is 49.8 Å². The number of piperidine rings is 1. The summed E-state index contributed by atoms with van der Waals surface area (Å²) in [4.78, 5) is 28.6. The number of likely N-dealkylation sites (tertiary alicyclic amines) is 1. The highest BCUT2D eigenvalue weighted by molar-refractivity contribution is 7.09. The summed E-state index contributed by atoms with van der Waals surface area (Å²) < 4.78 is 0. The summed E-state index contributed by atoms with van der Waals surface area (Å²) >= 11 is 1.73. The minimum atomic E-state index is 0.00859. The van der Waals surface area contributed by atoms with Crippen molar-refractivity contribution < 1.29 is 9.59 Å². The Morgan fingerprint density at radius 3 is 2.74 bits per heavy atom. The molecule has 2 aliphatic heterocycles. The van der Waals surface area contributed by atoms with Crippen LogP contribution in [0.15, 0.2) is 17.5 Å². The predicted molar refractivity (Wildman–Crippen MR) is 108 cm³/mol. The van der Waals surface area contributed by atoms with Crippen LogP contribution in [0.2, 0.25) is 0 Å². The van der Waals surface area contributed by atoms with Gasteiger partial charge < -0.3 is 15.5 Å². The highest BCUT2D eigenvalue weighted by Crippen LogP contribution is 2.34. The van der Waals surface area contributed by atoms with Gasteiger partial charge in [-0.2, -0.15) is 0 Å². The number of fused-ring (bicyclic) bond motifs is 1. The summed E-state index contributed by atoms with van der Waals surface area (Å²) in [5.74, 6) is 1.17. The molecule has 0 bridgehead atoms. The Hall–Kier alpha value is -1.40. The van der Waals surface area contributed by atoms with Crippen LogP contribution >= 0.6 is 11.3 Å². The van der Waals surface area contributed by atoms with Crippen LogP contribution < -0.4 is 10.6 Å². The Labute approximate surface area is 165 Å². The van der Waals surface area contributed by atoms with Crippen LogP contribution in [0.3, 0.4) is 0 Å². The van der Waals surface area contributed by atoms with Crippen molar-refractivity contribution in [1.29, 1.82) is 0 Å². The van der Waals surface area contributed by atoms with Gasteiger partial charge in [0.2, 0.25) is 11.8 Å². The highest BCUT2D eigenvalue weighted by Gasteiger charge is 2.40. The molecule has 5 nitrogen and oxygen atoms in total. The van der Waals surface area contributed by atoms with Crippen molar-refractivity contribution in [2.45, 2.75) is 63.5 Å². The smallest absolute Gasteiger partial charge is 0.239 e. The fourth-order valence-electron chi connectivity index (χ4n) is 5.00. The lowest BCUT2D eigenvalue weighted by Gasteiger charge is -2.33. The molecule has 4 rings (SSSR count). The number of hydrogen-bond donors (Lipinski definition) is 2. The fourth-order valence-corrected chi connectivity index (χ4v) is 5.71. The molecule has 148 valence electrons. The molecule has 2 saturated heterocycles. The monoisotopic (exact) mass is 389 g/mol. The van der Waals surface area contributed by atoms with E-state index in [-0.39, 0.29) is 23.8 Å². The fraction of sp³-hybridized carbons (Fsp3) is 0.714. The van der Waals surface area contributed by atoms with Gasteiger partial charge in [-0.25, -0.2) is 0 Å². The minimum absolute atomic E-state index is 0.00859. The molecule has 2 amide bonds. The molecule has 6 heteroatoms. The molecule has 1 saturated carbocycles. The topological polar surface area (TPSA) is 61.4 Å². The Morgan fingerprint density at radius 1 is 1.19 bits per heavy atom. The Kier molecular flexibility index (Phi) is 6.13. The molecule has 1 aromatic rings. The number of hydrogen-bond acceptors (Lipinski definition) is 4. The van der Waals surface area contributed by atoms with Gasteiger partial charge in [0.05, 0.1) is 6.04 Å². The first kappa shape index (κ1) is 18.9. The van der Waals surface area contributed by atoms with Crippen LogP contribution in [0.4, 0.5) is 0 Å². The van der Waals surface area contributed by atoms with Crippen molar-refractivity contribution in [2.24, 2.45) is 11.8 Å². The lowest BCUT2D eigenvalue weighted by Crippen LogP contribution is -2.49. The van der Waals surface area contributed by atoms with Gasteiger partial charge in [0.1, 0.15) is 0 Å². The third-order valence-corrected chi connectivity index (χ3v) is 7.53. The predicted octanol–water partition coefficient (Wildman–Crippen LogP) is 2.57. The lowest BCUT2D eigenvalue weighted by molar-refractivity contribution is -0.137. The molecular weight excluding hydrogens is 358 g/mol. The molecule has 1 aromatic heterocycles. The van der Waals surface area contributed by atoms with Gasteiger partial charge in [-0.05, 0) is 55.9 Å². The van der Waals surface area contributed by atoms with E-state index in [1.165, 1.54) is 30.6 Å². The number of carbonyl (C=O) groups is 2. The highest BCUT2D eigenvalue weighted by atomic mass is 32.1. The van der Waals surface area contributed by atoms with Gasteiger partial charge in [-0.15, -0.1) is 11.3 Å². The SMILES string of the molecule is O=C(NCCc1cccs1)C1CCN(C(=O)C2CC3CCCCC3N2)CC1. The van der Waals surface area contributed by atoms with Crippen LogP contribution in [0.25, 0.3) is 0 Å². The Morgan fingerprint density at radius 2 is 2.00 bits per heavy atom. The van der Waals surface area contributed by atoms with Crippen LogP contribution in [-0.2, 0) is 16.0 Å². The van der Waals surface area contributed by atoms with E-state index in [1.54, 1.807) is 11.3 Å². The zero-order valence-electron chi connectivity index (χ0n) is 16.0. The normalized spacial score (nSPS) is 28.7. The quantitative estimate of drug-likeness (QED) is 0.814. The number of thiophene rings is 1. The Balaban J connectivity index is 1.19. The van der Waals surface area contributed by atoms with Gasteiger partial charge in [-0.3, -0.25) is 9.59 Å². The minimum Gasteiger partial charge on any atom is -0.355 e. The summed E-state index contributed by atoms with van der Waals surface area (Å²) in [5.41, 5.74) is 0. The van der Waals surface area contributed by atoms with E-state index in [4.69, 9.17) is 0 Å². The number of nitrogens with zero attached hydrogens (tertiary/aromatic N) is 1. The second-order valence-electron chi connectivity index (χ2n) is 8.33. The van der Waals surface area contributed by atoms with Crippen LogP contribution in [0.5, 0.6) is 0 Å². The summed E-state index contributed by atoms with van der Waals surface area (Å²) in [6.07, 6.45) is 8.59. The standard InChI is InChI=1S/C21H31N3O2S/c25-20(22-10-7-17-5-3-13-27-17)15-8-11-24(12-9-15)21(26)19-14-16-4-1-2-6-18(16)23-19/h3,5,13,15-16,18-19,23H,1-2,4,6-12,14H2,(H,22,25). The zero-order valence-corrected chi connectivity index (χ0v) is 16.8. The Bertz CT molecular complexity index is 626. The molecule has 0 spiro atoms. The van der Waals surface area contributed by atoms with Gasteiger partial charge in [0.25, 0.3) is 0 Å². The first-order valence-corrected chi connectivity index (χ1v) is 11.4. The van der Waals surface area contributed by atoms with E-state index in [0.717, 1.165) is 38.8 Å². The molecule has 27 heavy (non-hydrogen) atoms. The van der Waals surface area contributed by atoms with E-state index in [0.29, 0.717) is 18.5 Å². The maximum absolute atomic E-state index is 12.9.